The molecule has 1 aromatic carbocycles. The first-order valence-corrected chi connectivity index (χ1v) is 6.26. The van der Waals surface area contributed by atoms with Crippen LogP contribution in [0, 0.1) is 13.8 Å². The molecule has 2 aromatic heterocycles. The Morgan fingerprint density at radius 1 is 1.26 bits per heavy atom. The van der Waals surface area contributed by atoms with E-state index in [1.807, 2.05) is 29.4 Å². The molecule has 0 spiro atoms. The van der Waals surface area contributed by atoms with Gasteiger partial charge in [-0.2, -0.15) is 5.10 Å². The number of anilines is 1. The molecule has 0 amide bonds. The van der Waals surface area contributed by atoms with Crippen LogP contribution in [0.2, 0.25) is 0 Å². The van der Waals surface area contributed by atoms with Crippen LogP contribution in [0.1, 0.15) is 16.8 Å². The predicted octanol–water partition coefficient (Wildman–Crippen LogP) is 2.02. The number of aromatic nitrogens is 4. The average Bonchev–Trinajstić information content (AvgIpc) is 2.80. The maximum Gasteiger partial charge on any atom is 0.201 e. The van der Waals surface area contributed by atoms with Crippen LogP contribution in [0.25, 0.3) is 11.0 Å². The minimum absolute atomic E-state index is 0.545. The standard InChI is InChI=1S/C14H17N5/c1-9-4-5-13-12(6-9)16-14(15)19(13)8-11-7-18(3)17-10(11)2/h4-7H,8H2,1-3H3,(H2,15,16). The zero-order chi connectivity index (χ0) is 13.6. The first-order valence-electron chi connectivity index (χ1n) is 6.26. The fraction of sp³-hybridized carbons (Fsp3) is 0.286. The topological polar surface area (TPSA) is 61.7 Å². The third-order valence-corrected chi connectivity index (χ3v) is 3.38. The second kappa shape index (κ2) is 4.12. The molecule has 3 rings (SSSR count). The van der Waals surface area contributed by atoms with E-state index in [2.05, 4.69) is 35.2 Å². The first-order chi connectivity index (χ1) is 9.04. The minimum Gasteiger partial charge on any atom is -0.369 e. The first kappa shape index (κ1) is 11.8. The number of benzene rings is 1. The Balaban J connectivity index is 2.10. The largest absolute Gasteiger partial charge is 0.369 e. The van der Waals surface area contributed by atoms with Gasteiger partial charge in [-0.3, -0.25) is 4.68 Å². The van der Waals surface area contributed by atoms with Crippen molar-refractivity contribution in [1.82, 2.24) is 19.3 Å². The summed E-state index contributed by atoms with van der Waals surface area (Å²) in [5.74, 6) is 0.545. The molecule has 0 aliphatic rings. The molecule has 5 nitrogen and oxygen atoms in total. The highest BCUT2D eigenvalue weighted by Gasteiger charge is 2.11. The van der Waals surface area contributed by atoms with Gasteiger partial charge in [0.05, 0.1) is 23.3 Å². The smallest absolute Gasteiger partial charge is 0.201 e. The molecule has 0 saturated heterocycles. The number of rotatable bonds is 2. The number of aryl methyl sites for hydroxylation is 3. The fourth-order valence-electron chi connectivity index (χ4n) is 2.40. The Bertz CT molecular complexity index is 751. The van der Waals surface area contributed by atoms with Crippen molar-refractivity contribution in [1.29, 1.82) is 0 Å². The van der Waals surface area contributed by atoms with Crippen molar-refractivity contribution in [2.75, 3.05) is 5.73 Å². The lowest BCUT2D eigenvalue weighted by atomic mass is 10.2. The van der Waals surface area contributed by atoms with Gasteiger partial charge in [-0.05, 0) is 31.5 Å². The Labute approximate surface area is 111 Å². The Morgan fingerprint density at radius 3 is 2.74 bits per heavy atom. The normalized spacial score (nSPS) is 11.3. The predicted molar refractivity (Wildman–Crippen MR) is 75.9 cm³/mol. The highest BCUT2D eigenvalue weighted by atomic mass is 15.3. The minimum atomic E-state index is 0.545. The second-order valence-electron chi connectivity index (χ2n) is 4.96. The van der Waals surface area contributed by atoms with Crippen molar-refractivity contribution >= 4 is 17.0 Å². The third-order valence-electron chi connectivity index (χ3n) is 3.38. The van der Waals surface area contributed by atoms with Crippen molar-refractivity contribution in [3.63, 3.8) is 0 Å². The van der Waals surface area contributed by atoms with E-state index in [9.17, 15) is 0 Å². The molecule has 5 heteroatoms. The van der Waals surface area contributed by atoms with Crippen molar-refractivity contribution < 1.29 is 0 Å². The molecule has 0 saturated carbocycles. The third kappa shape index (κ3) is 1.97. The van der Waals surface area contributed by atoms with E-state index in [1.165, 1.54) is 5.56 Å². The molecule has 0 radical (unpaired) electrons. The lowest BCUT2D eigenvalue weighted by molar-refractivity contribution is 0.756. The summed E-state index contributed by atoms with van der Waals surface area (Å²) >= 11 is 0. The van der Waals surface area contributed by atoms with Crippen molar-refractivity contribution in [2.24, 2.45) is 7.05 Å². The number of nitrogen functional groups attached to an aromatic ring is 1. The van der Waals surface area contributed by atoms with Gasteiger partial charge in [0.15, 0.2) is 0 Å². The zero-order valence-corrected chi connectivity index (χ0v) is 11.4. The maximum atomic E-state index is 6.03. The number of nitrogens with two attached hydrogens (primary N) is 1. The summed E-state index contributed by atoms with van der Waals surface area (Å²) in [5, 5.41) is 4.36. The SMILES string of the molecule is Cc1ccc2c(c1)nc(N)n2Cc1cn(C)nc1C. The fourth-order valence-corrected chi connectivity index (χ4v) is 2.40. The molecule has 0 atom stereocenters. The van der Waals surface area contributed by atoms with Crippen LogP contribution >= 0.6 is 0 Å². The number of nitrogens with zero attached hydrogens (tertiary/aromatic N) is 4. The van der Waals surface area contributed by atoms with Gasteiger partial charge in [-0.25, -0.2) is 4.98 Å². The van der Waals surface area contributed by atoms with E-state index < -0.39 is 0 Å². The van der Waals surface area contributed by atoms with Crippen molar-refractivity contribution in [3.8, 4) is 0 Å². The molecule has 0 unspecified atom stereocenters. The van der Waals surface area contributed by atoms with Gasteiger partial charge in [0.25, 0.3) is 0 Å². The molecular formula is C14H17N5. The van der Waals surface area contributed by atoms with E-state index >= 15 is 0 Å². The lowest BCUT2D eigenvalue weighted by Gasteiger charge is -2.05. The molecule has 19 heavy (non-hydrogen) atoms. The molecular weight excluding hydrogens is 238 g/mol. The summed E-state index contributed by atoms with van der Waals surface area (Å²) in [6, 6.07) is 6.20. The number of hydrogen-bond acceptors (Lipinski definition) is 3. The highest BCUT2D eigenvalue weighted by molar-refractivity contribution is 5.79. The van der Waals surface area contributed by atoms with E-state index in [-0.39, 0.29) is 0 Å². The van der Waals surface area contributed by atoms with Crippen LogP contribution in [0.4, 0.5) is 5.95 Å². The second-order valence-corrected chi connectivity index (χ2v) is 4.96. The van der Waals surface area contributed by atoms with Gasteiger partial charge in [0, 0.05) is 18.8 Å². The summed E-state index contributed by atoms with van der Waals surface area (Å²) in [6.07, 6.45) is 2.02. The molecule has 0 fully saturated rings. The van der Waals surface area contributed by atoms with Crippen LogP contribution in [0.3, 0.4) is 0 Å². The average molecular weight is 255 g/mol. The van der Waals surface area contributed by atoms with Crippen molar-refractivity contribution in [3.05, 3.63) is 41.2 Å². The van der Waals surface area contributed by atoms with Gasteiger partial charge in [0.2, 0.25) is 5.95 Å². The van der Waals surface area contributed by atoms with E-state index in [0.717, 1.165) is 22.3 Å². The summed E-state index contributed by atoms with van der Waals surface area (Å²) in [4.78, 5) is 4.42. The van der Waals surface area contributed by atoms with Gasteiger partial charge in [-0.15, -0.1) is 0 Å². The zero-order valence-electron chi connectivity index (χ0n) is 11.4. The highest BCUT2D eigenvalue weighted by Crippen LogP contribution is 2.21. The van der Waals surface area contributed by atoms with E-state index in [1.54, 1.807) is 0 Å². The Morgan fingerprint density at radius 2 is 2.05 bits per heavy atom. The molecule has 2 heterocycles. The molecule has 0 bridgehead atoms. The number of hydrogen-bond donors (Lipinski definition) is 1. The van der Waals surface area contributed by atoms with Crippen LogP contribution in [-0.2, 0) is 13.6 Å². The summed E-state index contributed by atoms with van der Waals surface area (Å²) < 4.78 is 3.85. The Kier molecular flexibility index (Phi) is 2.55. The van der Waals surface area contributed by atoms with Gasteiger partial charge >= 0.3 is 0 Å². The Hall–Kier alpha value is -2.30. The number of imidazole rings is 1. The van der Waals surface area contributed by atoms with Gasteiger partial charge < -0.3 is 10.3 Å². The quantitative estimate of drug-likeness (QED) is 0.762. The molecule has 2 N–H and O–H groups in total. The summed E-state index contributed by atoms with van der Waals surface area (Å²) in [5.41, 5.74) is 11.4. The number of fused-ring (bicyclic) bond motifs is 1. The van der Waals surface area contributed by atoms with Gasteiger partial charge in [0.1, 0.15) is 0 Å². The molecule has 3 aromatic rings. The van der Waals surface area contributed by atoms with Crippen LogP contribution < -0.4 is 5.73 Å². The maximum absolute atomic E-state index is 6.03. The van der Waals surface area contributed by atoms with Gasteiger partial charge in [-0.1, -0.05) is 6.07 Å². The molecule has 0 aliphatic heterocycles. The van der Waals surface area contributed by atoms with E-state index in [0.29, 0.717) is 12.5 Å². The summed E-state index contributed by atoms with van der Waals surface area (Å²) in [6.45, 7) is 4.76. The van der Waals surface area contributed by atoms with Crippen LogP contribution in [0.5, 0.6) is 0 Å². The monoisotopic (exact) mass is 255 g/mol. The molecule has 98 valence electrons. The van der Waals surface area contributed by atoms with E-state index in [4.69, 9.17) is 5.73 Å². The van der Waals surface area contributed by atoms with Crippen LogP contribution in [0.15, 0.2) is 24.4 Å². The summed E-state index contributed by atoms with van der Waals surface area (Å²) in [7, 11) is 1.93. The molecule has 0 aliphatic carbocycles. The van der Waals surface area contributed by atoms with Crippen molar-refractivity contribution in [2.45, 2.75) is 20.4 Å². The lowest BCUT2D eigenvalue weighted by Crippen LogP contribution is -2.04. The van der Waals surface area contributed by atoms with Crippen LogP contribution in [-0.4, -0.2) is 19.3 Å².